The Labute approximate surface area is 109 Å². The lowest BCUT2D eigenvalue weighted by Gasteiger charge is -2.41. The Morgan fingerprint density at radius 3 is 2.56 bits per heavy atom. The Bertz CT molecular complexity index is 446. The molecule has 3 heteroatoms. The number of terminal acetylenes is 1. The molecule has 2 aliphatic heterocycles. The molecule has 2 aliphatic rings. The van der Waals surface area contributed by atoms with Crippen molar-refractivity contribution in [3.05, 3.63) is 23.9 Å². The minimum atomic E-state index is 0.711. The summed E-state index contributed by atoms with van der Waals surface area (Å²) in [4.78, 5) is 9.54. The van der Waals surface area contributed by atoms with Crippen molar-refractivity contribution in [2.75, 3.05) is 24.5 Å². The van der Waals surface area contributed by atoms with Gasteiger partial charge in [-0.1, -0.05) is 12.8 Å². The van der Waals surface area contributed by atoms with Crippen LogP contribution in [-0.2, 0) is 0 Å². The number of hydrogen-bond donors (Lipinski definition) is 0. The van der Waals surface area contributed by atoms with Crippen molar-refractivity contribution >= 4 is 5.82 Å². The van der Waals surface area contributed by atoms with Gasteiger partial charge in [0, 0.05) is 36.9 Å². The molecule has 0 spiro atoms. The average Bonchev–Trinajstić information content (AvgIpc) is 2.67. The van der Waals surface area contributed by atoms with Gasteiger partial charge in [0.2, 0.25) is 0 Å². The first-order chi connectivity index (χ1) is 8.81. The standard InChI is InChI=1S/C15H19N3/c1-3-12-5-8-15(16-9-12)17-10-13-6-7-14(11-17)18(13)4-2/h1,5,8-9,13-14H,4,6-7,10-11H2,2H3. The maximum atomic E-state index is 5.36. The highest BCUT2D eigenvalue weighted by molar-refractivity contribution is 5.44. The summed E-state index contributed by atoms with van der Waals surface area (Å²) in [7, 11) is 0. The molecule has 3 heterocycles. The molecular formula is C15H19N3. The lowest BCUT2D eigenvalue weighted by molar-refractivity contribution is 0.178. The van der Waals surface area contributed by atoms with E-state index in [-0.39, 0.29) is 0 Å². The van der Waals surface area contributed by atoms with Crippen molar-refractivity contribution in [2.24, 2.45) is 0 Å². The van der Waals surface area contributed by atoms with Crippen LogP contribution >= 0.6 is 0 Å². The van der Waals surface area contributed by atoms with Gasteiger partial charge >= 0.3 is 0 Å². The molecule has 1 aromatic rings. The van der Waals surface area contributed by atoms with Crippen LogP contribution in [0.2, 0.25) is 0 Å². The van der Waals surface area contributed by atoms with Gasteiger partial charge in [0.05, 0.1) is 0 Å². The van der Waals surface area contributed by atoms with Crippen molar-refractivity contribution in [1.82, 2.24) is 9.88 Å². The Morgan fingerprint density at radius 1 is 1.33 bits per heavy atom. The smallest absolute Gasteiger partial charge is 0.128 e. The molecule has 2 unspecified atom stereocenters. The van der Waals surface area contributed by atoms with Crippen molar-refractivity contribution in [3.63, 3.8) is 0 Å². The number of piperazine rings is 1. The summed E-state index contributed by atoms with van der Waals surface area (Å²) in [6, 6.07) is 5.46. The highest BCUT2D eigenvalue weighted by Crippen LogP contribution is 2.31. The molecule has 3 nitrogen and oxygen atoms in total. The summed E-state index contributed by atoms with van der Waals surface area (Å²) in [6.07, 6.45) is 9.82. The third-order valence-corrected chi connectivity index (χ3v) is 4.24. The van der Waals surface area contributed by atoms with Crippen LogP contribution < -0.4 is 4.90 Å². The van der Waals surface area contributed by atoms with Crippen LogP contribution in [0.5, 0.6) is 0 Å². The minimum Gasteiger partial charge on any atom is -0.353 e. The molecule has 94 valence electrons. The van der Waals surface area contributed by atoms with Crippen molar-refractivity contribution in [3.8, 4) is 12.3 Å². The van der Waals surface area contributed by atoms with Gasteiger partial charge in [-0.05, 0) is 31.5 Å². The lowest BCUT2D eigenvalue weighted by Crippen LogP contribution is -2.53. The summed E-state index contributed by atoms with van der Waals surface area (Å²) in [5, 5.41) is 0. The first kappa shape index (κ1) is 11.6. The second-order valence-corrected chi connectivity index (χ2v) is 5.17. The quantitative estimate of drug-likeness (QED) is 0.735. The molecule has 0 radical (unpaired) electrons. The molecule has 1 aromatic heterocycles. The van der Waals surface area contributed by atoms with E-state index in [9.17, 15) is 0 Å². The second kappa shape index (κ2) is 4.62. The van der Waals surface area contributed by atoms with Gasteiger partial charge in [0.15, 0.2) is 0 Å². The number of rotatable bonds is 2. The largest absolute Gasteiger partial charge is 0.353 e. The third-order valence-electron chi connectivity index (χ3n) is 4.24. The zero-order chi connectivity index (χ0) is 12.5. The van der Waals surface area contributed by atoms with Crippen LogP contribution in [0, 0.1) is 12.3 Å². The molecule has 0 N–H and O–H groups in total. The first-order valence-electron chi connectivity index (χ1n) is 6.75. The number of fused-ring (bicyclic) bond motifs is 2. The van der Waals surface area contributed by atoms with Crippen LogP contribution in [0.15, 0.2) is 18.3 Å². The molecule has 2 saturated heterocycles. The molecule has 2 bridgehead atoms. The maximum absolute atomic E-state index is 5.36. The number of likely N-dealkylation sites (N-methyl/N-ethyl adjacent to an activating group) is 1. The Balaban J connectivity index is 1.77. The molecular weight excluding hydrogens is 222 g/mol. The SMILES string of the molecule is C#Cc1ccc(N2CC3CCC(C2)N3CC)nc1. The number of aromatic nitrogens is 1. The van der Waals surface area contributed by atoms with Crippen molar-refractivity contribution < 1.29 is 0 Å². The Kier molecular flexibility index (Phi) is 2.97. The molecule has 0 saturated carbocycles. The maximum Gasteiger partial charge on any atom is 0.128 e. The van der Waals surface area contributed by atoms with E-state index < -0.39 is 0 Å². The predicted octanol–water partition coefficient (Wildman–Crippen LogP) is 1.74. The predicted molar refractivity (Wildman–Crippen MR) is 73.6 cm³/mol. The number of anilines is 1. The highest BCUT2D eigenvalue weighted by Gasteiger charge is 2.39. The molecule has 0 amide bonds. The summed E-state index contributed by atoms with van der Waals surface area (Å²) in [6.45, 7) is 5.65. The van der Waals surface area contributed by atoms with E-state index in [1.54, 1.807) is 6.20 Å². The van der Waals surface area contributed by atoms with Crippen LogP contribution in [0.4, 0.5) is 5.82 Å². The van der Waals surface area contributed by atoms with Crippen molar-refractivity contribution in [2.45, 2.75) is 31.8 Å². The molecule has 2 fully saturated rings. The van der Waals surface area contributed by atoms with Gasteiger partial charge in [-0.25, -0.2) is 4.98 Å². The first-order valence-corrected chi connectivity index (χ1v) is 6.75. The normalized spacial score (nSPS) is 27.2. The average molecular weight is 241 g/mol. The van der Waals surface area contributed by atoms with E-state index in [1.807, 2.05) is 6.07 Å². The van der Waals surface area contributed by atoms with Gasteiger partial charge in [-0.3, -0.25) is 4.90 Å². The molecule has 18 heavy (non-hydrogen) atoms. The molecule has 0 aliphatic carbocycles. The number of hydrogen-bond acceptors (Lipinski definition) is 3. The number of nitrogens with zero attached hydrogens (tertiary/aromatic N) is 3. The monoisotopic (exact) mass is 241 g/mol. The van der Waals surface area contributed by atoms with E-state index in [2.05, 4.69) is 33.7 Å². The van der Waals surface area contributed by atoms with Gasteiger partial charge < -0.3 is 4.90 Å². The van der Waals surface area contributed by atoms with Gasteiger partial charge in [-0.15, -0.1) is 6.42 Å². The van der Waals surface area contributed by atoms with E-state index in [1.165, 1.54) is 19.4 Å². The fraction of sp³-hybridized carbons (Fsp3) is 0.533. The van der Waals surface area contributed by atoms with Crippen LogP contribution in [0.25, 0.3) is 0 Å². The van der Waals surface area contributed by atoms with Gasteiger partial charge in [0.1, 0.15) is 5.82 Å². The Morgan fingerprint density at radius 2 is 2.06 bits per heavy atom. The summed E-state index contributed by atoms with van der Waals surface area (Å²) in [5.74, 6) is 3.68. The highest BCUT2D eigenvalue weighted by atomic mass is 15.3. The molecule has 0 aromatic carbocycles. The van der Waals surface area contributed by atoms with Crippen molar-refractivity contribution in [1.29, 1.82) is 0 Å². The zero-order valence-electron chi connectivity index (χ0n) is 10.8. The topological polar surface area (TPSA) is 19.4 Å². The van der Waals surface area contributed by atoms with E-state index in [0.29, 0.717) is 12.1 Å². The fourth-order valence-corrected chi connectivity index (χ4v) is 3.35. The van der Waals surface area contributed by atoms with E-state index in [0.717, 1.165) is 24.5 Å². The molecule has 2 atom stereocenters. The Hall–Kier alpha value is -1.53. The fourth-order valence-electron chi connectivity index (χ4n) is 3.35. The summed E-state index contributed by atoms with van der Waals surface area (Å²) in [5.41, 5.74) is 0.855. The van der Waals surface area contributed by atoms with Crippen LogP contribution in [0.1, 0.15) is 25.3 Å². The van der Waals surface area contributed by atoms with Crippen LogP contribution in [-0.4, -0.2) is 41.6 Å². The zero-order valence-corrected chi connectivity index (χ0v) is 10.8. The van der Waals surface area contributed by atoms with E-state index in [4.69, 9.17) is 6.42 Å². The summed E-state index contributed by atoms with van der Waals surface area (Å²) >= 11 is 0. The van der Waals surface area contributed by atoms with Gasteiger partial charge in [-0.2, -0.15) is 0 Å². The van der Waals surface area contributed by atoms with Gasteiger partial charge in [0.25, 0.3) is 0 Å². The number of pyridine rings is 1. The second-order valence-electron chi connectivity index (χ2n) is 5.17. The summed E-state index contributed by atoms with van der Waals surface area (Å²) < 4.78 is 0. The van der Waals surface area contributed by atoms with Crippen LogP contribution in [0.3, 0.4) is 0 Å². The third kappa shape index (κ3) is 1.87. The van der Waals surface area contributed by atoms with E-state index >= 15 is 0 Å². The minimum absolute atomic E-state index is 0.711. The lowest BCUT2D eigenvalue weighted by atomic mass is 10.2. The molecule has 3 rings (SSSR count).